The maximum absolute atomic E-state index is 9.98. The Morgan fingerprint density at radius 1 is 1.50 bits per heavy atom. The van der Waals surface area contributed by atoms with Gasteiger partial charge in [-0.1, -0.05) is 19.0 Å². The highest BCUT2D eigenvalue weighted by molar-refractivity contribution is 4.85. The highest BCUT2D eigenvalue weighted by Gasteiger charge is 2.23. The molecule has 92 valence electrons. The third-order valence-corrected chi connectivity index (χ3v) is 2.82. The Morgan fingerprint density at radius 3 is 2.69 bits per heavy atom. The minimum Gasteiger partial charge on any atom is -0.389 e. The molecule has 0 amide bonds. The molecule has 1 rings (SSSR count). The largest absolute Gasteiger partial charge is 0.389 e. The summed E-state index contributed by atoms with van der Waals surface area (Å²) >= 11 is 0. The number of aryl methyl sites for hydroxylation is 1. The molecule has 0 aliphatic carbocycles. The summed E-state index contributed by atoms with van der Waals surface area (Å²) in [5, 5.41) is 17.0. The zero-order valence-corrected chi connectivity index (χ0v) is 10.4. The van der Waals surface area contributed by atoms with E-state index in [-0.39, 0.29) is 5.92 Å². The molecule has 0 radical (unpaired) electrons. The average molecular weight is 227 g/mol. The molecular formula is C11H21N3O2. The van der Waals surface area contributed by atoms with Crippen molar-refractivity contribution in [3.05, 3.63) is 11.7 Å². The van der Waals surface area contributed by atoms with Gasteiger partial charge in [-0.3, -0.25) is 0 Å². The van der Waals surface area contributed by atoms with Gasteiger partial charge in [-0.25, -0.2) is 0 Å². The molecule has 0 spiro atoms. The van der Waals surface area contributed by atoms with Crippen LogP contribution in [0.1, 0.15) is 32.5 Å². The van der Waals surface area contributed by atoms with Gasteiger partial charge in [-0.05, 0) is 12.8 Å². The number of nitrogens with one attached hydrogen (secondary N) is 1. The lowest BCUT2D eigenvalue weighted by atomic mass is 9.92. The Morgan fingerprint density at radius 2 is 2.19 bits per heavy atom. The van der Waals surface area contributed by atoms with E-state index in [1.54, 1.807) is 6.92 Å². The molecule has 1 atom stereocenters. The topological polar surface area (TPSA) is 71.2 Å². The average Bonchev–Trinajstić information content (AvgIpc) is 2.59. The molecular weight excluding hydrogens is 206 g/mol. The quantitative estimate of drug-likeness (QED) is 0.707. The lowest BCUT2D eigenvalue weighted by Crippen LogP contribution is -2.42. The van der Waals surface area contributed by atoms with Crippen LogP contribution in [0.15, 0.2) is 4.52 Å². The molecule has 0 bridgehead atoms. The minimum atomic E-state index is -0.673. The Labute approximate surface area is 96.2 Å². The van der Waals surface area contributed by atoms with Crippen molar-refractivity contribution in [2.24, 2.45) is 5.92 Å². The van der Waals surface area contributed by atoms with Gasteiger partial charge >= 0.3 is 0 Å². The first-order chi connectivity index (χ1) is 7.42. The second-order valence-electron chi connectivity index (χ2n) is 4.67. The Balaban J connectivity index is 2.22. The van der Waals surface area contributed by atoms with Gasteiger partial charge in [0.25, 0.3) is 0 Å². The predicted octanol–water partition coefficient (Wildman–Crippen LogP) is 0.917. The lowest BCUT2D eigenvalue weighted by Gasteiger charge is -2.27. The van der Waals surface area contributed by atoms with E-state index in [0.29, 0.717) is 24.7 Å². The van der Waals surface area contributed by atoms with Gasteiger partial charge in [-0.2, -0.15) is 4.98 Å². The number of hydrogen-bond donors (Lipinski definition) is 2. The summed E-state index contributed by atoms with van der Waals surface area (Å²) in [7, 11) is 0. The molecule has 5 nitrogen and oxygen atoms in total. The van der Waals surface area contributed by atoms with Crippen LogP contribution in [-0.2, 0) is 6.42 Å². The van der Waals surface area contributed by atoms with Gasteiger partial charge in [0.15, 0.2) is 5.82 Å². The molecule has 0 aliphatic heterocycles. The van der Waals surface area contributed by atoms with Crippen LogP contribution in [0, 0.1) is 12.8 Å². The van der Waals surface area contributed by atoms with E-state index in [1.807, 2.05) is 20.8 Å². The van der Waals surface area contributed by atoms with Gasteiger partial charge in [-0.15, -0.1) is 0 Å². The summed E-state index contributed by atoms with van der Waals surface area (Å²) < 4.78 is 4.86. The monoisotopic (exact) mass is 227 g/mol. The summed E-state index contributed by atoms with van der Waals surface area (Å²) in [6, 6.07) is 0. The summed E-state index contributed by atoms with van der Waals surface area (Å²) in [5.41, 5.74) is -0.673. The van der Waals surface area contributed by atoms with Crippen LogP contribution in [0.25, 0.3) is 0 Å². The van der Waals surface area contributed by atoms with Crippen LogP contribution in [0.4, 0.5) is 0 Å². The molecule has 1 unspecified atom stereocenters. The van der Waals surface area contributed by atoms with Crippen LogP contribution < -0.4 is 5.32 Å². The van der Waals surface area contributed by atoms with E-state index in [2.05, 4.69) is 15.5 Å². The normalized spacial score (nSPS) is 15.4. The first kappa shape index (κ1) is 13.1. The Bertz CT molecular complexity index is 321. The van der Waals surface area contributed by atoms with Gasteiger partial charge in [0.2, 0.25) is 5.89 Å². The minimum absolute atomic E-state index is 0.229. The fourth-order valence-electron chi connectivity index (χ4n) is 1.19. The van der Waals surface area contributed by atoms with Crippen LogP contribution in [0.2, 0.25) is 0 Å². The summed E-state index contributed by atoms with van der Waals surface area (Å²) in [4.78, 5) is 4.10. The molecule has 2 N–H and O–H groups in total. The van der Waals surface area contributed by atoms with Gasteiger partial charge in [0.05, 0.1) is 5.60 Å². The molecule has 16 heavy (non-hydrogen) atoms. The van der Waals surface area contributed by atoms with E-state index in [9.17, 15) is 5.11 Å². The zero-order valence-electron chi connectivity index (χ0n) is 10.4. The number of aromatic nitrogens is 2. The van der Waals surface area contributed by atoms with Crippen LogP contribution in [0.5, 0.6) is 0 Å². The van der Waals surface area contributed by atoms with Crippen molar-refractivity contribution < 1.29 is 9.63 Å². The van der Waals surface area contributed by atoms with Crippen molar-refractivity contribution in [2.75, 3.05) is 13.1 Å². The second kappa shape index (κ2) is 5.41. The van der Waals surface area contributed by atoms with Crippen LogP contribution >= 0.6 is 0 Å². The van der Waals surface area contributed by atoms with E-state index >= 15 is 0 Å². The van der Waals surface area contributed by atoms with E-state index < -0.39 is 5.60 Å². The van der Waals surface area contributed by atoms with Crippen LogP contribution in [-0.4, -0.2) is 33.9 Å². The first-order valence-electron chi connectivity index (χ1n) is 5.64. The lowest BCUT2D eigenvalue weighted by molar-refractivity contribution is 0.0145. The van der Waals surface area contributed by atoms with Crippen LogP contribution in [0.3, 0.4) is 0 Å². The maximum Gasteiger partial charge on any atom is 0.223 e. The highest BCUT2D eigenvalue weighted by Crippen LogP contribution is 2.14. The highest BCUT2D eigenvalue weighted by atomic mass is 16.5. The van der Waals surface area contributed by atoms with E-state index in [4.69, 9.17) is 4.52 Å². The maximum atomic E-state index is 9.98. The standard InChI is InChI=1S/C11H21N3O2/c1-8(2)11(4,15)7-12-6-5-10-13-9(3)16-14-10/h8,12,15H,5-7H2,1-4H3. The summed E-state index contributed by atoms with van der Waals surface area (Å²) in [5.74, 6) is 1.52. The summed E-state index contributed by atoms with van der Waals surface area (Å²) in [6.45, 7) is 8.93. The van der Waals surface area contributed by atoms with Crippen molar-refractivity contribution in [1.29, 1.82) is 0 Å². The molecule has 1 aromatic rings. The molecule has 1 aromatic heterocycles. The third-order valence-electron chi connectivity index (χ3n) is 2.82. The van der Waals surface area contributed by atoms with Gasteiger partial charge < -0.3 is 14.9 Å². The van der Waals surface area contributed by atoms with Gasteiger partial charge in [0.1, 0.15) is 0 Å². The van der Waals surface area contributed by atoms with Crippen molar-refractivity contribution >= 4 is 0 Å². The molecule has 5 heteroatoms. The molecule has 1 heterocycles. The number of rotatable bonds is 6. The van der Waals surface area contributed by atoms with Gasteiger partial charge in [0, 0.05) is 26.4 Å². The number of nitrogens with zero attached hydrogens (tertiary/aromatic N) is 2. The fourth-order valence-corrected chi connectivity index (χ4v) is 1.19. The second-order valence-corrected chi connectivity index (χ2v) is 4.67. The first-order valence-corrected chi connectivity index (χ1v) is 5.64. The third kappa shape index (κ3) is 3.90. The smallest absolute Gasteiger partial charge is 0.223 e. The Kier molecular flexibility index (Phi) is 4.44. The summed E-state index contributed by atoms with van der Waals surface area (Å²) in [6.07, 6.45) is 0.714. The number of aliphatic hydroxyl groups is 1. The van der Waals surface area contributed by atoms with E-state index in [0.717, 1.165) is 6.54 Å². The number of hydrogen-bond acceptors (Lipinski definition) is 5. The molecule has 0 aliphatic rings. The predicted molar refractivity (Wildman–Crippen MR) is 61.1 cm³/mol. The van der Waals surface area contributed by atoms with Crippen molar-refractivity contribution in [3.8, 4) is 0 Å². The molecule has 0 saturated heterocycles. The molecule has 0 fully saturated rings. The van der Waals surface area contributed by atoms with Crippen molar-refractivity contribution in [2.45, 2.75) is 39.7 Å². The molecule has 0 saturated carbocycles. The van der Waals surface area contributed by atoms with E-state index in [1.165, 1.54) is 0 Å². The fraction of sp³-hybridized carbons (Fsp3) is 0.818. The zero-order chi connectivity index (χ0) is 12.2. The molecule has 0 aromatic carbocycles. The van der Waals surface area contributed by atoms with Crippen molar-refractivity contribution in [1.82, 2.24) is 15.5 Å². The Hall–Kier alpha value is -0.940. The van der Waals surface area contributed by atoms with Crippen molar-refractivity contribution in [3.63, 3.8) is 0 Å². The SMILES string of the molecule is Cc1nc(CCNCC(C)(O)C(C)C)no1.